The second-order valence-electron chi connectivity index (χ2n) is 5.40. The SMILES string of the molecule is CNC(C)c1ccc(N2CCC(C(F)(F)F)CC2)cc1. The summed E-state index contributed by atoms with van der Waals surface area (Å²) in [6, 6.07) is 8.34. The number of hydrogen-bond donors (Lipinski definition) is 1. The van der Waals surface area contributed by atoms with Gasteiger partial charge in [-0.25, -0.2) is 0 Å². The summed E-state index contributed by atoms with van der Waals surface area (Å²) >= 11 is 0. The van der Waals surface area contributed by atoms with Gasteiger partial charge in [-0.15, -0.1) is 0 Å². The first-order chi connectivity index (χ1) is 9.41. The van der Waals surface area contributed by atoms with Crippen LogP contribution in [0.25, 0.3) is 0 Å². The molecule has 1 heterocycles. The van der Waals surface area contributed by atoms with Crippen LogP contribution in [0.4, 0.5) is 18.9 Å². The van der Waals surface area contributed by atoms with E-state index in [1.807, 2.05) is 36.2 Å². The third-order valence-corrected chi connectivity index (χ3v) is 4.15. The van der Waals surface area contributed by atoms with Gasteiger partial charge in [0.1, 0.15) is 0 Å². The molecule has 20 heavy (non-hydrogen) atoms. The molecule has 5 heteroatoms. The molecular formula is C15H21F3N2. The predicted octanol–water partition coefficient (Wildman–Crippen LogP) is 3.75. The van der Waals surface area contributed by atoms with E-state index in [0.717, 1.165) is 5.69 Å². The van der Waals surface area contributed by atoms with Crippen molar-refractivity contribution in [2.75, 3.05) is 25.0 Å². The van der Waals surface area contributed by atoms with Crippen molar-refractivity contribution in [3.63, 3.8) is 0 Å². The molecule has 2 nitrogen and oxygen atoms in total. The van der Waals surface area contributed by atoms with E-state index in [1.54, 1.807) is 0 Å². The van der Waals surface area contributed by atoms with Crippen molar-refractivity contribution in [3.8, 4) is 0 Å². The van der Waals surface area contributed by atoms with Gasteiger partial charge < -0.3 is 10.2 Å². The van der Waals surface area contributed by atoms with Gasteiger partial charge in [-0.05, 0) is 44.5 Å². The summed E-state index contributed by atoms with van der Waals surface area (Å²) in [5, 5.41) is 3.16. The summed E-state index contributed by atoms with van der Waals surface area (Å²) in [5.74, 6) is -1.14. The van der Waals surface area contributed by atoms with E-state index in [0.29, 0.717) is 13.1 Å². The highest BCUT2D eigenvalue weighted by Gasteiger charge is 2.41. The third-order valence-electron chi connectivity index (χ3n) is 4.15. The van der Waals surface area contributed by atoms with Gasteiger partial charge in [0.2, 0.25) is 0 Å². The van der Waals surface area contributed by atoms with Crippen LogP contribution in [0, 0.1) is 5.92 Å². The first-order valence-electron chi connectivity index (χ1n) is 7.00. The smallest absolute Gasteiger partial charge is 0.372 e. The van der Waals surface area contributed by atoms with Crippen molar-refractivity contribution < 1.29 is 13.2 Å². The van der Waals surface area contributed by atoms with Gasteiger partial charge in [-0.3, -0.25) is 0 Å². The second kappa shape index (κ2) is 6.04. The van der Waals surface area contributed by atoms with Crippen LogP contribution in [0.15, 0.2) is 24.3 Å². The Hall–Kier alpha value is -1.23. The van der Waals surface area contributed by atoms with Crippen molar-refractivity contribution in [1.29, 1.82) is 0 Å². The summed E-state index contributed by atoms with van der Waals surface area (Å²) in [6.45, 7) is 3.03. The normalized spacial score (nSPS) is 19.1. The standard InChI is InChI=1S/C15H21F3N2/c1-11(19-2)12-3-5-14(6-4-12)20-9-7-13(8-10-20)15(16,17)18/h3-6,11,13,19H,7-10H2,1-2H3. The van der Waals surface area contributed by atoms with Gasteiger partial charge in [0.15, 0.2) is 0 Å². The van der Waals surface area contributed by atoms with E-state index in [9.17, 15) is 13.2 Å². The number of rotatable bonds is 3. The molecule has 1 aliphatic heterocycles. The fraction of sp³-hybridized carbons (Fsp3) is 0.600. The summed E-state index contributed by atoms with van der Waals surface area (Å²) in [7, 11) is 1.90. The predicted molar refractivity (Wildman–Crippen MR) is 74.9 cm³/mol. The number of nitrogens with one attached hydrogen (secondary N) is 1. The summed E-state index contributed by atoms with van der Waals surface area (Å²) < 4.78 is 37.9. The van der Waals surface area contributed by atoms with E-state index < -0.39 is 12.1 Å². The topological polar surface area (TPSA) is 15.3 Å². The van der Waals surface area contributed by atoms with Crippen LogP contribution in [0.1, 0.15) is 31.4 Å². The number of alkyl halides is 3. The molecular weight excluding hydrogens is 265 g/mol. The Morgan fingerprint density at radius 3 is 2.15 bits per heavy atom. The van der Waals surface area contributed by atoms with Crippen LogP contribution >= 0.6 is 0 Å². The Labute approximate surface area is 118 Å². The summed E-state index contributed by atoms with van der Waals surface area (Å²) in [4.78, 5) is 2.04. The number of piperidine rings is 1. The highest BCUT2D eigenvalue weighted by molar-refractivity contribution is 5.48. The maximum Gasteiger partial charge on any atom is 0.391 e. The van der Waals surface area contributed by atoms with Gasteiger partial charge in [0.25, 0.3) is 0 Å². The van der Waals surface area contributed by atoms with Crippen molar-refractivity contribution in [2.45, 2.75) is 32.0 Å². The lowest BCUT2D eigenvalue weighted by atomic mass is 9.96. The lowest BCUT2D eigenvalue weighted by Crippen LogP contribution is -2.39. The van der Waals surface area contributed by atoms with Crippen molar-refractivity contribution in [2.24, 2.45) is 5.92 Å². The van der Waals surface area contributed by atoms with E-state index in [2.05, 4.69) is 12.2 Å². The molecule has 0 bridgehead atoms. The molecule has 1 fully saturated rings. The Morgan fingerprint density at radius 2 is 1.70 bits per heavy atom. The Bertz CT molecular complexity index is 420. The average Bonchev–Trinajstić information content (AvgIpc) is 2.46. The maximum atomic E-state index is 12.6. The van der Waals surface area contributed by atoms with Crippen LogP contribution < -0.4 is 10.2 Å². The minimum absolute atomic E-state index is 0.193. The largest absolute Gasteiger partial charge is 0.391 e. The van der Waals surface area contributed by atoms with Gasteiger partial charge in [-0.1, -0.05) is 12.1 Å². The zero-order valence-electron chi connectivity index (χ0n) is 11.9. The van der Waals surface area contributed by atoms with E-state index in [1.165, 1.54) is 5.56 Å². The van der Waals surface area contributed by atoms with E-state index in [4.69, 9.17) is 0 Å². The molecule has 1 unspecified atom stereocenters. The molecule has 1 atom stereocenters. The Kier molecular flexibility index (Phi) is 4.58. The van der Waals surface area contributed by atoms with Crippen molar-refractivity contribution >= 4 is 5.69 Å². The zero-order valence-corrected chi connectivity index (χ0v) is 11.9. The fourth-order valence-corrected chi connectivity index (χ4v) is 2.61. The highest BCUT2D eigenvalue weighted by atomic mass is 19.4. The van der Waals surface area contributed by atoms with Crippen molar-refractivity contribution in [3.05, 3.63) is 29.8 Å². The van der Waals surface area contributed by atoms with Crippen LogP contribution in [-0.4, -0.2) is 26.3 Å². The lowest BCUT2D eigenvalue weighted by Gasteiger charge is -2.34. The number of nitrogens with zero attached hydrogens (tertiary/aromatic N) is 1. The molecule has 0 aromatic heterocycles. The van der Waals surface area contributed by atoms with Gasteiger partial charge in [0.05, 0.1) is 5.92 Å². The minimum Gasteiger partial charge on any atom is -0.372 e. The van der Waals surface area contributed by atoms with Crippen LogP contribution in [0.3, 0.4) is 0 Å². The molecule has 0 spiro atoms. The number of halogens is 3. The highest BCUT2D eigenvalue weighted by Crippen LogP contribution is 2.35. The van der Waals surface area contributed by atoms with Gasteiger partial charge >= 0.3 is 6.18 Å². The number of hydrogen-bond acceptors (Lipinski definition) is 2. The van der Waals surface area contributed by atoms with Crippen LogP contribution in [0.2, 0.25) is 0 Å². The number of benzene rings is 1. The van der Waals surface area contributed by atoms with Crippen LogP contribution in [-0.2, 0) is 0 Å². The quantitative estimate of drug-likeness (QED) is 0.910. The van der Waals surface area contributed by atoms with E-state index in [-0.39, 0.29) is 18.9 Å². The Morgan fingerprint density at radius 1 is 1.15 bits per heavy atom. The molecule has 1 aromatic carbocycles. The fourth-order valence-electron chi connectivity index (χ4n) is 2.61. The molecule has 1 aromatic rings. The first-order valence-corrected chi connectivity index (χ1v) is 7.00. The summed E-state index contributed by atoms with van der Waals surface area (Å²) in [6.07, 6.45) is -3.66. The molecule has 2 rings (SSSR count). The maximum absolute atomic E-state index is 12.6. The van der Waals surface area contributed by atoms with Gasteiger partial charge in [-0.2, -0.15) is 13.2 Å². The minimum atomic E-state index is -4.04. The molecule has 0 radical (unpaired) electrons. The molecule has 112 valence electrons. The second-order valence-corrected chi connectivity index (χ2v) is 5.40. The lowest BCUT2D eigenvalue weighted by molar-refractivity contribution is -0.179. The monoisotopic (exact) mass is 286 g/mol. The molecule has 1 aliphatic rings. The first kappa shape index (κ1) is 15.2. The molecule has 1 saturated heterocycles. The zero-order chi connectivity index (χ0) is 14.8. The summed E-state index contributed by atoms with van der Waals surface area (Å²) in [5.41, 5.74) is 2.19. The Balaban J connectivity index is 1.97. The van der Waals surface area contributed by atoms with Crippen molar-refractivity contribution in [1.82, 2.24) is 5.32 Å². The molecule has 0 saturated carbocycles. The van der Waals surface area contributed by atoms with Crippen LogP contribution in [0.5, 0.6) is 0 Å². The molecule has 0 aliphatic carbocycles. The van der Waals surface area contributed by atoms with E-state index >= 15 is 0 Å². The molecule has 1 N–H and O–H groups in total. The third kappa shape index (κ3) is 3.45. The average molecular weight is 286 g/mol. The molecule has 0 amide bonds. The number of anilines is 1. The van der Waals surface area contributed by atoms with Gasteiger partial charge in [0, 0.05) is 24.8 Å².